The molecule has 1 fully saturated rings. The van der Waals surface area contributed by atoms with Gasteiger partial charge in [-0.15, -0.1) is 0 Å². The average Bonchev–Trinajstić information content (AvgIpc) is 2.76. The van der Waals surface area contributed by atoms with Crippen LogP contribution in [0, 0.1) is 0 Å². The summed E-state index contributed by atoms with van der Waals surface area (Å²) in [7, 11) is 1.96. The zero-order chi connectivity index (χ0) is 9.24. The van der Waals surface area contributed by atoms with Crippen molar-refractivity contribution >= 4 is 31.5 Å². The maximum absolute atomic E-state index is 5.49. The fourth-order valence-electron chi connectivity index (χ4n) is 1.48. The van der Waals surface area contributed by atoms with E-state index in [2.05, 4.69) is 0 Å². The summed E-state index contributed by atoms with van der Waals surface area (Å²) in [6.45, 7) is 2.59. The van der Waals surface area contributed by atoms with Gasteiger partial charge in [0.05, 0.1) is 6.42 Å². The molecule has 1 saturated carbocycles. The van der Waals surface area contributed by atoms with Gasteiger partial charge in [0.2, 0.25) is 11.6 Å². The third-order valence-corrected chi connectivity index (χ3v) is 4.27. The molecule has 1 aliphatic rings. The van der Waals surface area contributed by atoms with Crippen LogP contribution >= 0.6 is 0 Å². The normalized spacial score (nSPS) is 40.8. The molecule has 0 aromatic carbocycles. The van der Waals surface area contributed by atoms with Crippen molar-refractivity contribution in [2.45, 2.75) is 24.9 Å². The Labute approximate surface area is 81.5 Å². The molecular weight excluding hydrogens is 208 g/mol. The Hall–Kier alpha value is 0.491. The minimum absolute atomic E-state index is 0.538. The van der Waals surface area contributed by atoms with Crippen LogP contribution < -0.4 is 0 Å². The first-order valence-electron chi connectivity index (χ1n) is 3.99. The van der Waals surface area contributed by atoms with Gasteiger partial charge in [-0.25, -0.2) is 0 Å². The van der Waals surface area contributed by atoms with Gasteiger partial charge in [-0.1, -0.05) is 0 Å². The van der Waals surface area contributed by atoms with E-state index in [1.54, 1.807) is 0 Å². The number of hydrogen-bond donors (Lipinski definition) is 0. The van der Waals surface area contributed by atoms with E-state index >= 15 is 0 Å². The lowest BCUT2D eigenvalue weighted by Gasteiger charge is -2.23. The SMILES string of the molecule is CCOC1(O[SiH3])CC1(O[SiH3])O[SiH3]. The van der Waals surface area contributed by atoms with Crippen LogP contribution in [0.1, 0.15) is 13.3 Å². The minimum Gasteiger partial charge on any atom is -0.398 e. The number of hydrogen-bond acceptors (Lipinski definition) is 4. The van der Waals surface area contributed by atoms with Crippen molar-refractivity contribution in [2.75, 3.05) is 6.61 Å². The molecule has 0 bridgehead atoms. The highest BCUT2D eigenvalue weighted by Crippen LogP contribution is 2.53. The largest absolute Gasteiger partial charge is 0.398 e. The molecule has 0 amide bonds. The highest BCUT2D eigenvalue weighted by molar-refractivity contribution is 6.01. The minimum atomic E-state index is -0.558. The van der Waals surface area contributed by atoms with E-state index in [1.165, 1.54) is 0 Å². The van der Waals surface area contributed by atoms with Gasteiger partial charge in [-0.2, -0.15) is 0 Å². The van der Waals surface area contributed by atoms with E-state index in [1.807, 2.05) is 6.92 Å². The second-order valence-corrected chi connectivity index (χ2v) is 3.95. The van der Waals surface area contributed by atoms with Gasteiger partial charge in [0.15, 0.2) is 0 Å². The van der Waals surface area contributed by atoms with E-state index in [0.29, 0.717) is 38.1 Å². The Kier molecular flexibility index (Phi) is 3.26. The Morgan fingerprint density at radius 1 is 1.08 bits per heavy atom. The third kappa shape index (κ3) is 1.35. The summed E-state index contributed by atoms with van der Waals surface area (Å²) >= 11 is 0. The molecule has 0 radical (unpaired) electrons. The van der Waals surface area contributed by atoms with Crippen LogP contribution in [0.5, 0.6) is 0 Å². The molecule has 0 heterocycles. The van der Waals surface area contributed by atoms with Crippen molar-refractivity contribution in [3.63, 3.8) is 0 Å². The summed E-state index contributed by atoms with van der Waals surface area (Å²) in [5.74, 6) is -1.10. The van der Waals surface area contributed by atoms with Crippen LogP contribution in [0.2, 0.25) is 0 Å². The fraction of sp³-hybridized carbons (Fsp3) is 1.00. The predicted octanol–water partition coefficient (Wildman–Crippen LogP) is -3.29. The number of rotatable bonds is 5. The first-order valence-corrected chi connectivity index (χ1v) is 6.44. The molecule has 12 heavy (non-hydrogen) atoms. The van der Waals surface area contributed by atoms with Crippen molar-refractivity contribution in [3.8, 4) is 0 Å². The monoisotopic (exact) mass is 224 g/mol. The van der Waals surface area contributed by atoms with E-state index < -0.39 is 11.6 Å². The summed E-state index contributed by atoms with van der Waals surface area (Å²) in [4.78, 5) is 0. The molecule has 1 unspecified atom stereocenters. The third-order valence-electron chi connectivity index (χ3n) is 2.29. The molecule has 0 saturated heterocycles. The molecule has 1 aliphatic carbocycles. The summed E-state index contributed by atoms with van der Waals surface area (Å²) in [6.07, 6.45) is 0.727. The first kappa shape index (κ1) is 10.6. The second kappa shape index (κ2) is 3.70. The van der Waals surface area contributed by atoms with Crippen LogP contribution in [-0.4, -0.2) is 49.6 Å². The highest BCUT2D eigenvalue weighted by atomic mass is 28.2. The van der Waals surface area contributed by atoms with E-state index in [-0.39, 0.29) is 0 Å². The molecule has 72 valence electrons. The van der Waals surface area contributed by atoms with Gasteiger partial charge in [0.1, 0.15) is 31.5 Å². The first-order chi connectivity index (χ1) is 5.70. The quantitative estimate of drug-likeness (QED) is 0.362. The van der Waals surface area contributed by atoms with Crippen molar-refractivity contribution in [1.82, 2.24) is 0 Å². The lowest BCUT2D eigenvalue weighted by Crippen LogP contribution is -2.35. The Morgan fingerprint density at radius 3 is 1.83 bits per heavy atom. The van der Waals surface area contributed by atoms with Gasteiger partial charge in [0.25, 0.3) is 0 Å². The Balaban J connectivity index is 2.62. The molecule has 4 nitrogen and oxygen atoms in total. The Bertz CT molecular complexity index is 163. The zero-order valence-corrected chi connectivity index (χ0v) is 14.0. The molecular formula is C5H16O4Si3. The molecule has 7 heteroatoms. The lowest BCUT2D eigenvalue weighted by atomic mass is 10.6. The second-order valence-electron chi connectivity index (χ2n) is 2.73. The van der Waals surface area contributed by atoms with Gasteiger partial charge in [0, 0.05) is 6.61 Å². The highest BCUT2D eigenvalue weighted by Gasteiger charge is 2.71. The van der Waals surface area contributed by atoms with E-state index in [0.717, 1.165) is 6.42 Å². The summed E-state index contributed by atoms with van der Waals surface area (Å²) < 4.78 is 21.7. The van der Waals surface area contributed by atoms with Crippen molar-refractivity contribution < 1.29 is 18.0 Å². The van der Waals surface area contributed by atoms with Crippen molar-refractivity contribution in [3.05, 3.63) is 0 Å². The van der Waals surface area contributed by atoms with Crippen LogP contribution in [0.15, 0.2) is 0 Å². The van der Waals surface area contributed by atoms with Crippen molar-refractivity contribution in [1.29, 1.82) is 0 Å². The van der Waals surface area contributed by atoms with Gasteiger partial charge < -0.3 is 18.0 Å². The number of ether oxygens (including phenoxy) is 1. The van der Waals surface area contributed by atoms with Crippen LogP contribution in [0.4, 0.5) is 0 Å². The average molecular weight is 224 g/mol. The molecule has 0 aromatic heterocycles. The van der Waals surface area contributed by atoms with Crippen LogP contribution in [0.3, 0.4) is 0 Å². The molecule has 0 aliphatic heterocycles. The molecule has 1 atom stereocenters. The van der Waals surface area contributed by atoms with Crippen LogP contribution in [-0.2, 0) is 18.0 Å². The molecule has 1 rings (SSSR count). The summed E-state index contributed by atoms with van der Waals surface area (Å²) in [5, 5.41) is 0. The lowest BCUT2D eigenvalue weighted by molar-refractivity contribution is -0.192. The smallest absolute Gasteiger partial charge is 0.217 e. The van der Waals surface area contributed by atoms with Crippen LogP contribution in [0.25, 0.3) is 0 Å². The fourth-order valence-corrected chi connectivity index (χ4v) is 3.63. The molecule has 0 N–H and O–H groups in total. The van der Waals surface area contributed by atoms with E-state index in [4.69, 9.17) is 18.0 Å². The summed E-state index contributed by atoms with van der Waals surface area (Å²) in [5.41, 5.74) is 0. The van der Waals surface area contributed by atoms with Crippen molar-refractivity contribution in [2.24, 2.45) is 0 Å². The topological polar surface area (TPSA) is 36.9 Å². The van der Waals surface area contributed by atoms with Gasteiger partial charge in [-0.05, 0) is 6.92 Å². The maximum Gasteiger partial charge on any atom is 0.217 e. The molecule has 0 spiro atoms. The molecule has 0 aromatic rings. The standard InChI is InChI=1S/C5H16O4Si3/c1-2-6-4(7-10)3-5(4,8-11)9-12/h2-3H2,1,10-12H3. The predicted molar refractivity (Wildman–Crippen MR) is 54.8 cm³/mol. The maximum atomic E-state index is 5.49. The van der Waals surface area contributed by atoms with Gasteiger partial charge in [-0.3, -0.25) is 0 Å². The van der Waals surface area contributed by atoms with E-state index in [9.17, 15) is 0 Å². The Morgan fingerprint density at radius 2 is 1.58 bits per heavy atom. The summed E-state index contributed by atoms with van der Waals surface area (Å²) in [6, 6.07) is 0. The zero-order valence-electron chi connectivity index (χ0n) is 8.05. The van der Waals surface area contributed by atoms with Gasteiger partial charge >= 0.3 is 0 Å².